The Kier molecular flexibility index (Phi) is 5.48. The molecule has 4 heterocycles. The molecular weight excluding hydrogens is 344 g/mol. The molecule has 142 valence electrons. The van der Waals surface area contributed by atoms with Crippen LogP contribution in [0.1, 0.15) is 35.2 Å². The fraction of sp³-hybridized carbons (Fsp3) is 0.450. The van der Waals surface area contributed by atoms with Crippen LogP contribution in [0, 0.1) is 0 Å². The summed E-state index contributed by atoms with van der Waals surface area (Å²) < 4.78 is 11.0. The largest absolute Gasteiger partial charge is 0.472 e. The van der Waals surface area contributed by atoms with Crippen molar-refractivity contribution < 1.29 is 14.3 Å². The van der Waals surface area contributed by atoms with Crippen molar-refractivity contribution in [2.45, 2.75) is 31.9 Å². The minimum Gasteiger partial charge on any atom is -0.472 e. The standard InChI is InChI=1S/C20H24N4O3/c25-20(16-3-4-19(22-13-16)27-17-6-10-26-14-17)23-12-15-5-7-21-18(11-15)24-8-1-2-9-24/h3-5,7,11,13,17H,1-2,6,8-10,12,14H2,(H,23,25). The molecule has 1 amide bonds. The molecule has 0 aliphatic carbocycles. The van der Waals surface area contributed by atoms with E-state index in [0.29, 0.717) is 24.6 Å². The summed E-state index contributed by atoms with van der Waals surface area (Å²) in [6.45, 7) is 3.88. The normalized spacial score (nSPS) is 19.3. The van der Waals surface area contributed by atoms with Gasteiger partial charge < -0.3 is 19.7 Å². The van der Waals surface area contributed by atoms with Gasteiger partial charge in [0.15, 0.2) is 0 Å². The van der Waals surface area contributed by atoms with Crippen LogP contribution < -0.4 is 15.0 Å². The van der Waals surface area contributed by atoms with Crippen molar-refractivity contribution in [3.8, 4) is 5.88 Å². The molecule has 4 rings (SSSR count). The number of amides is 1. The number of carbonyl (C=O) groups is 1. The first kappa shape index (κ1) is 17.7. The van der Waals surface area contributed by atoms with E-state index in [2.05, 4.69) is 20.2 Å². The number of aromatic nitrogens is 2. The smallest absolute Gasteiger partial charge is 0.253 e. The summed E-state index contributed by atoms with van der Waals surface area (Å²) in [7, 11) is 0. The highest BCUT2D eigenvalue weighted by Gasteiger charge is 2.18. The zero-order valence-electron chi connectivity index (χ0n) is 15.3. The lowest BCUT2D eigenvalue weighted by molar-refractivity contribution is 0.0950. The number of hydrogen-bond donors (Lipinski definition) is 1. The van der Waals surface area contributed by atoms with Gasteiger partial charge in [0.1, 0.15) is 11.9 Å². The molecule has 0 aromatic carbocycles. The van der Waals surface area contributed by atoms with Gasteiger partial charge in [-0.2, -0.15) is 0 Å². The summed E-state index contributed by atoms with van der Waals surface area (Å²) in [5.74, 6) is 1.35. The quantitative estimate of drug-likeness (QED) is 0.842. The molecule has 0 bridgehead atoms. The summed E-state index contributed by atoms with van der Waals surface area (Å²) in [5.41, 5.74) is 1.55. The molecule has 1 atom stereocenters. The molecule has 2 aliphatic rings. The summed E-state index contributed by atoms with van der Waals surface area (Å²) in [4.78, 5) is 23.3. The molecule has 0 radical (unpaired) electrons. The number of carbonyl (C=O) groups excluding carboxylic acids is 1. The van der Waals surface area contributed by atoms with Gasteiger partial charge in [-0.15, -0.1) is 0 Å². The third-order valence-electron chi connectivity index (χ3n) is 4.87. The maximum Gasteiger partial charge on any atom is 0.253 e. The van der Waals surface area contributed by atoms with Crippen molar-refractivity contribution in [1.29, 1.82) is 0 Å². The molecule has 1 N–H and O–H groups in total. The lowest BCUT2D eigenvalue weighted by atomic mass is 10.2. The highest BCUT2D eigenvalue weighted by molar-refractivity contribution is 5.93. The summed E-state index contributed by atoms with van der Waals surface area (Å²) in [5, 5.41) is 2.94. The van der Waals surface area contributed by atoms with Crippen LogP contribution in [0.2, 0.25) is 0 Å². The van der Waals surface area contributed by atoms with Gasteiger partial charge in [0.25, 0.3) is 5.91 Å². The van der Waals surface area contributed by atoms with Gasteiger partial charge >= 0.3 is 0 Å². The van der Waals surface area contributed by atoms with Crippen molar-refractivity contribution >= 4 is 11.7 Å². The van der Waals surface area contributed by atoms with E-state index >= 15 is 0 Å². The fourth-order valence-corrected chi connectivity index (χ4v) is 3.34. The average Bonchev–Trinajstić information content (AvgIpc) is 3.41. The fourth-order valence-electron chi connectivity index (χ4n) is 3.34. The second kappa shape index (κ2) is 8.35. The molecule has 2 aliphatic heterocycles. The van der Waals surface area contributed by atoms with E-state index in [1.54, 1.807) is 24.5 Å². The van der Waals surface area contributed by atoms with E-state index in [0.717, 1.165) is 37.5 Å². The van der Waals surface area contributed by atoms with Crippen LogP contribution in [0.3, 0.4) is 0 Å². The van der Waals surface area contributed by atoms with Gasteiger partial charge in [-0.1, -0.05) is 0 Å². The van der Waals surface area contributed by atoms with Crippen LogP contribution in [-0.2, 0) is 11.3 Å². The highest BCUT2D eigenvalue weighted by Crippen LogP contribution is 2.18. The number of nitrogens with zero attached hydrogens (tertiary/aromatic N) is 3. The third kappa shape index (κ3) is 4.54. The summed E-state index contributed by atoms with van der Waals surface area (Å²) in [6.07, 6.45) is 6.69. The molecule has 0 saturated carbocycles. The monoisotopic (exact) mass is 368 g/mol. The lowest BCUT2D eigenvalue weighted by Gasteiger charge is -2.17. The highest BCUT2D eigenvalue weighted by atomic mass is 16.5. The van der Waals surface area contributed by atoms with Crippen LogP contribution in [0.15, 0.2) is 36.7 Å². The molecule has 2 aromatic rings. The van der Waals surface area contributed by atoms with E-state index in [-0.39, 0.29) is 12.0 Å². The van der Waals surface area contributed by atoms with Crippen LogP contribution in [0.5, 0.6) is 5.88 Å². The predicted octanol–water partition coefficient (Wildman–Crippen LogP) is 2.17. The zero-order valence-corrected chi connectivity index (χ0v) is 15.3. The van der Waals surface area contributed by atoms with Gasteiger partial charge in [-0.05, 0) is 36.6 Å². The first-order valence-electron chi connectivity index (χ1n) is 9.46. The van der Waals surface area contributed by atoms with Gasteiger partial charge in [0.2, 0.25) is 5.88 Å². The van der Waals surface area contributed by atoms with Crippen LogP contribution >= 0.6 is 0 Å². The van der Waals surface area contributed by atoms with Gasteiger partial charge in [0.05, 0.1) is 18.8 Å². The number of rotatable bonds is 6. The van der Waals surface area contributed by atoms with E-state index in [1.807, 2.05) is 12.1 Å². The second-order valence-corrected chi connectivity index (χ2v) is 6.89. The second-order valence-electron chi connectivity index (χ2n) is 6.89. The van der Waals surface area contributed by atoms with Crippen LogP contribution in [0.4, 0.5) is 5.82 Å². The van der Waals surface area contributed by atoms with E-state index in [1.165, 1.54) is 12.8 Å². The predicted molar refractivity (Wildman–Crippen MR) is 101 cm³/mol. The van der Waals surface area contributed by atoms with Crippen molar-refractivity contribution in [2.24, 2.45) is 0 Å². The maximum atomic E-state index is 12.4. The van der Waals surface area contributed by atoms with E-state index in [4.69, 9.17) is 9.47 Å². The molecule has 7 heteroatoms. The number of ether oxygens (including phenoxy) is 2. The van der Waals surface area contributed by atoms with Crippen molar-refractivity contribution in [3.05, 3.63) is 47.8 Å². The maximum absolute atomic E-state index is 12.4. The van der Waals surface area contributed by atoms with Gasteiger partial charge in [0, 0.05) is 44.5 Å². The Morgan fingerprint density at radius 2 is 2.15 bits per heavy atom. The minimum absolute atomic E-state index is 0.0497. The SMILES string of the molecule is O=C(NCc1ccnc(N2CCCC2)c1)c1ccc(OC2CCOC2)nc1. The van der Waals surface area contributed by atoms with Crippen molar-refractivity contribution in [1.82, 2.24) is 15.3 Å². The van der Waals surface area contributed by atoms with Crippen molar-refractivity contribution in [3.63, 3.8) is 0 Å². The van der Waals surface area contributed by atoms with Crippen LogP contribution in [0.25, 0.3) is 0 Å². The van der Waals surface area contributed by atoms with Crippen molar-refractivity contribution in [2.75, 3.05) is 31.2 Å². The zero-order chi connectivity index (χ0) is 18.5. The Morgan fingerprint density at radius 1 is 1.26 bits per heavy atom. The summed E-state index contributed by atoms with van der Waals surface area (Å²) >= 11 is 0. The Labute approximate surface area is 158 Å². The van der Waals surface area contributed by atoms with E-state index in [9.17, 15) is 4.79 Å². The first-order chi connectivity index (χ1) is 13.3. The molecule has 1 unspecified atom stereocenters. The third-order valence-corrected chi connectivity index (χ3v) is 4.87. The Morgan fingerprint density at radius 3 is 2.89 bits per heavy atom. The molecular formula is C20H24N4O3. The molecule has 7 nitrogen and oxygen atoms in total. The Hall–Kier alpha value is -2.67. The lowest BCUT2D eigenvalue weighted by Crippen LogP contribution is -2.24. The minimum atomic E-state index is -0.155. The molecule has 2 fully saturated rings. The number of hydrogen-bond acceptors (Lipinski definition) is 6. The summed E-state index contributed by atoms with van der Waals surface area (Å²) in [6, 6.07) is 7.43. The average molecular weight is 368 g/mol. The van der Waals surface area contributed by atoms with Gasteiger partial charge in [-0.3, -0.25) is 4.79 Å². The van der Waals surface area contributed by atoms with E-state index < -0.39 is 0 Å². The Balaban J connectivity index is 1.31. The topological polar surface area (TPSA) is 76.6 Å². The molecule has 27 heavy (non-hydrogen) atoms. The molecule has 2 aromatic heterocycles. The molecule has 2 saturated heterocycles. The first-order valence-corrected chi connectivity index (χ1v) is 9.46. The number of pyridine rings is 2. The van der Waals surface area contributed by atoms with Crippen LogP contribution in [-0.4, -0.2) is 48.3 Å². The molecule has 0 spiro atoms. The Bertz CT molecular complexity index is 769. The number of anilines is 1. The number of nitrogens with one attached hydrogen (secondary N) is 1. The van der Waals surface area contributed by atoms with Gasteiger partial charge in [-0.25, -0.2) is 9.97 Å².